The summed E-state index contributed by atoms with van der Waals surface area (Å²) in [5.41, 5.74) is 8.20. The molecule has 0 spiro atoms. The van der Waals surface area contributed by atoms with Crippen molar-refractivity contribution < 1.29 is 0 Å². The quantitative estimate of drug-likeness (QED) is 0.310. The molecule has 126 valence electrons. The summed E-state index contributed by atoms with van der Waals surface area (Å²) in [6.45, 7) is 4.71. The Morgan fingerprint density at radius 1 is 0.731 bits per heavy atom. The Bertz CT molecular complexity index is 1170. The van der Waals surface area contributed by atoms with E-state index in [1.54, 1.807) is 0 Å². The molecule has 0 saturated heterocycles. The van der Waals surface area contributed by atoms with Gasteiger partial charge < -0.3 is 0 Å². The maximum Gasteiger partial charge on any atom is 0.0181 e. The zero-order valence-corrected chi connectivity index (χ0v) is 16.5. The first kappa shape index (κ1) is 15.8. The van der Waals surface area contributed by atoms with Crippen LogP contribution in [0, 0.1) is 0 Å². The van der Waals surface area contributed by atoms with E-state index in [9.17, 15) is 0 Å². The summed E-state index contributed by atoms with van der Waals surface area (Å²) in [6, 6.07) is 28.7. The van der Waals surface area contributed by atoms with Gasteiger partial charge in [0.15, 0.2) is 0 Å². The van der Waals surface area contributed by atoms with Crippen LogP contribution in [0.15, 0.2) is 83.3 Å². The van der Waals surface area contributed by atoms with E-state index in [-0.39, 0.29) is 5.41 Å². The molecule has 0 saturated carbocycles. The number of fused-ring (bicyclic) bond motifs is 5. The second-order valence-electron chi connectivity index (χ2n) is 7.58. The molecule has 1 heteroatoms. The summed E-state index contributed by atoms with van der Waals surface area (Å²) in [7, 11) is 0. The van der Waals surface area contributed by atoms with Gasteiger partial charge in [-0.1, -0.05) is 90.4 Å². The Labute approximate surface area is 162 Å². The summed E-state index contributed by atoms with van der Waals surface area (Å²) in [5, 5.41) is 2.67. The zero-order valence-electron chi connectivity index (χ0n) is 14.9. The lowest BCUT2D eigenvalue weighted by Crippen LogP contribution is -2.15. The van der Waals surface area contributed by atoms with Crippen LogP contribution in [0.5, 0.6) is 0 Å². The Kier molecular flexibility index (Phi) is 3.39. The maximum atomic E-state index is 3.64. The summed E-state index contributed by atoms with van der Waals surface area (Å²) in [4.78, 5) is 0. The van der Waals surface area contributed by atoms with E-state index in [2.05, 4.69) is 109 Å². The fourth-order valence-electron chi connectivity index (χ4n) is 4.54. The third-order valence-corrected chi connectivity index (χ3v) is 6.17. The highest BCUT2D eigenvalue weighted by Crippen LogP contribution is 2.54. The largest absolute Gasteiger partial charge is 0.0619 e. The van der Waals surface area contributed by atoms with E-state index in [4.69, 9.17) is 0 Å². The molecule has 0 fully saturated rings. The lowest BCUT2D eigenvalue weighted by Gasteiger charge is -2.24. The molecule has 1 aliphatic carbocycles. The highest BCUT2D eigenvalue weighted by atomic mass is 79.9. The van der Waals surface area contributed by atoms with E-state index in [1.807, 2.05) is 0 Å². The maximum absolute atomic E-state index is 3.64. The van der Waals surface area contributed by atoms with E-state index in [0.29, 0.717) is 0 Å². The van der Waals surface area contributed by atoms with Crippen LogP contribution in [0.2, 0.25) is 0 Å². The Balaban J connectivity index is 1.99. The molecule has 0 unspecified atom stereocenters. The van der Waals surface area contributed by atoms with Crippen LogP contribution in [0.3, 0.4) is 0 Å². The molecular weight excluding hydrogens is 380 g/mol. The van der Waals surface area contributed by atoms with Crippen LogP contribution in [-0.4, -0.2) is 0 Å². The Morgan fingerprint density at radius 3 is 2.35 bits per heavy atom. The Morgan fingerprint density at radius 2 is 1.50 bits per heavy atom. The second-order valence-corrected chi connectivity index (χ2v) is 8.49. The lowest BCUT2D eigenvalue weighted by atomic mass is 9.79. The predicted molar refractivity (Wildman–Crippen MR) is 115 cm³/mol. The predicted octanol–water partition coefficient (Wildman–Crippen LogP) is 7.58. The number of benzene rings is 4. The summed E-state index contributed by atoms with van der Waals surface area (Å²) in [6.07, 6.45) is 0. The summed E-state index contributed by atoms with van der Waals surface area (Å²) < 4.78 is 1.11. The van der Waals surface area contributed by atoms with Crippen molar-refractivity contribution in [1.29, 1.82) is 0 Å². The minimum atomic E-state index is -0.00640. The van der Waals surface area contributed by atoms with Crippen molar-refractivity contribution in [3.05, 3.63) is 94.5 Å². The molecule has 0 amide bonds. The van der Waals surface area contributed by atoms with Gasteiger partial charge in [0.05, 0.1) is 0 Å². The smallest absolute Gasteiger partial charge is 0.0181 e. The van der Waals surface area contributed by atoms with E-state index in [1.165, 1.54) is 44.2 Å². The van der Waals surface area contributed by atoms with Crippen LogP contribution < -0.4 is 0 Å². The van der Waals surface area contributed by atoms with Crippen molar-refractivity contribution in [3.8, 4) is 22.3 Å². The molecule has 0 nitrogen and oxygen atoms in total. The normalized spacial score (nSPS) is 14.3. The molecule has 4 aromatic rings. The molecule has 4 aromatic carbocycles. The monoisotopic (exact) mass is 398 g/mol. The van der Waals surface area contributed by atoms with E-state index < -0.39 is 0 Å². The van der Waals surface area contributed by atoms with Crippen molar-refractivity contribution in [2.24, 2.45) is 0 Å². The van der Waals surface area contributed by atoms with Crippen LogP contribution >= 0.6 is 15.9 Å². The highest BCUT2D eigenvalue weighted by molar-refractivity contribution is 9.10. The van der Waals surface area contributed by atoms with Gasteiger partial charge in [-0.3, -0.25) is 0 Å². The third-order valence-electron chi connectivity index (χ3n) is 5.68. The standard InChI is InChI=1S/C25H19Br/c1-25(2)22-13-6-5-12-20(22)23-21(16-9-7-10-18(26)14-16)15-17-8-3-4-11-19(17)24(23)25/h3-15H,1-2H3. The van der Waals surface area contributed by atoms with Gasteiger partial charge in [-0.05, 0) is 62.4 Å². The topological polar surface area (TPSA) is 0 Å². The van der Waals surface area contributed by atoms with Gasteiger partial charge in [-0.2, -0.15) is 0 Å². The van der Waals surface area contributed by atoms with Gasteiger partial charge in [0.25, 0.3) is 0 Å². The van der Waals surface area contributed by atoms with Crippen molar-refractivity contribution in [1.82, 2.24) is 0 Å². The molecular formula is C25H19Br. The molecule has 5 rings (SSSR count). The molecule has 0 aliphatic heterocycles. The van der Waals surface area contributed by atoms with Gasteiger partial charge in [-0.15, -0.1) is 0 Å². The summed E-state index contributed by atoms with van der Waals surface area (Å²) >= 11 is 3.64. The van der Waals surface area contributed by atoms with Gasteiger partial charge in [0.1, 0.15) is 0 Å². The SMILES string of the molecule is CC1(C)c2ccccc2-c2c(-c3cccc(Br)c3)cc3ccccc3c21. The van der Waals surface area contributed by atoms with Crippen molar-refractivity contribution in [2.45, 2.75) is 19.3 Å². The van der Waals surface area contributed by atoms with Crippen LogP contribution in [-0.2, 0) is 5.41 Å². The third kappa shape index (κ3) is 2.13. The molecule has 0 aromatic heterocycles. The first-order chi connectivity index (χ1) is 12.6. The number of hydrogen-bond donors (Lipinski definition) is 0. The molecule has 0 radical (unpaired) electrons. The van der Waals surface area contributed by atoms with E-state index >= 15 is 0 Å². The van der Waals surface area contributed by atoms with Crippen LogP contribution in [0.25, 0.3) is 33.0 Å². The molecule has 0 heterocycles. The van der Waals surface area contributed by atoms with Crippen LogP contribution in [0.1, 0.15) is 25.0 Å². The van der Waals surface area contributed by atoms with Gasteiger partial charge in [-0.25, -0.2) is 0 Å². The molecule has 0 N–H and O–H groups in total. The van der Waals surface area contributed by atoms with Crippen LogP contribution in [0.4, 0.5) is 0 Å². The van der Waals surface area contributed by atoms with Gasteiger partial charge >= 0.3 is 0 Å². The fourth-order valence-corrected chi connectivity index (χ4v) is 4.94. The Hall–Kier alpha value is -2.38. The summed E-state index contributed by atoms with van der Waals surface area (Å²) in [5.74, 6) is 0. The molecule has 0 bridgehead atoms. The number of halogens is 1. The minimum absolute atomic E-state index is 0.00640. The minimum Gasteiger partial charge on any atom is -0.0619 e. The first-order valence-electron chi connectivity index (χ1n) is 8.99. The highest BCUT2D eigenvalue weighted by Gasteiger charge is 2.38. The average Bonchev–Trinajstić information content (AvgIpc) is 2.90. The van der Waals surface area contributed by atoms with Crippen molar-refractivity contribution >= 4 is 26.7 Å². The molecule has 26 heavy (non-hydrogen) atoms. The lowest BCUT2D eigenvalue weighted by molar-refractivity contribution is 0.666. The number of hydrogen-bond acceptors (Lipinski definition) is 0. The average molecular weight is 399 g/mol. The molecule has 1 aliphatic rings. The van der Waals surface area contributed by atoms with Gasteiger partial charge in [0.2, 0.25) is 0 Å². The fraction of sp³-hybridized carbons (Fsp3) is 0.120. The van der Waals surface area contributed by atoms with Crippen molar-refractivity contribution in [2.75, 3.05) is 0 Å². The molecule has 0 atom stereocenters. The zero-order chi connectivity index (χ0) is 17.9. The second kappa shape index (κ2) is 5.56. The number of rotatable bonds is 1. The van der Waals surface area contributed by atoms with Gasteiger partial charge in [0, 0.05) is 9.89 Å². The first-order valence-corrected chi connectivity index (χ1v) is 9.79. The van der Waals surface area contributed by atoms with Crippen molar-refractivity contribution in [3.63, 3.8) is 0 Å². The van der Waals surface area contributed by atoms with E-state index in [0.717, 1.165) is 4.47 Å².